The molecule has 1 rings (SSSR count). The van der Waals surface area contributed by atoms with Crippen LogP contribution in [0.25, 0.3) is 0 Å². The topological polar surface area (TPSA) is 58.4 Å². The molecule has 6 heteroatoms. The summed E-state index contributed by atoms with van der Waals surface area (Å²) in [6.07, 6.45) is 0. The van der Waals surface area contributed by atoms with E-state index < -0.39 is 0 Å². The van der Waals surface area contributed by atoms with Crippen LogP contribution in [-0.2, 0) is 4.79 Å². The predicted octanol–water partition coefficient (Wildman–Crippen LogP) is 1.58. The Morgan fingerprint density at radius 3 is 2.76 bits per heavy atom. The minimum Gasteiger partial charge on any atom is -0.397 e. The van der Waals surface area contributed by atoms with E-state index >= 15 is 0 Å². The fourth-order valence-corrected chi connectivity index (χ4v) is 1.94. The number of benzene rings is 1. The molecular weight excluding hydrogens is 336 g/mol. The van der Waals surface area contributed by atoms with Crippen molar-refractivity contribution in [2.75, 3.05) is 30.8 Å². The average molecular weight is 351 g/mol. The van der Waals surface area contributed by atoms with Crippen molar-refractivity contribution < 1.29 is 9.18 Å². The number of nitrogens with zero attached hydrogens (tertiary/aromatic N) is 1. The Morgan fingerprint density at radius 2 is 2.24 bits per heavy atom. The van der Waals surface area contributed by atoms with Gasteiger partial charge in [0.05, 0.1) is 21.5 Å². The van der Waals surface area contributed by atoms with Crippen LogP contribution in [0.3, 0.4) is 0 Å². The molecule has 0 aliphatic carbocycles. The molecule has 1 aromatic carbocycles. The summed E-state index contributed by atoms with van der Waals surface area (Å²) in [7, 11) is 1.56. The lowest BCUT2D eigenvalue weighted by Crippen LogP contribution is -2.36. The summed E-state index contributed by atoms with van der Waals surface area (Å²) in [5, 5.41) is 2.53. The fraction of sp³-hybridized carbons (Fsp3) is 0.364. The van der Waals surface area contributed by atoms with Crippen molar-refractivity contribution in [1.29, 1.82) is 0 Å². The van der Waals surface area contributed by atoms with Gasteiger partial charge in [-0.25, -0.2) is 4.39 Å². The van der Waals surface area contributed by atoms with E-state index in [1.807, 2.05) is 29.5 Å². The third kappa shape index (κ3) is 3.45. The van der Waals surface area contributed by atoms with Crippen LogP contribution in [0.5, 0.6) is 0 Å². The van der Waals surface area contributed by atoms with Gasteiger partial charge in [0, 0.05) is 19.7 Å². The molecule has 0 unspecified atom stereocenters. The number of nitrogens with two attached hydrogens (primary N) is 1. The number of hydrogen-bond donors (Lipinski definition) is 2. The van der Waals surface area contributed by atoms with Crippen molar-refractivity contribution in [3.8, 4) is 0 Å². The van der Waals surface area contributed by atoms with Gasteiger partial charge in [0.1, 0.15) is 5.82 Å². The van der Waals surface area contributed by atoms with Crippen LogP contribution < -0.4 is 16.0 Å². The second-order valence-electron chi connectivity index (χ2n) is 3.51. The van der Waals surface area contributed by atoms with Gasteiger partial charge in [-0.05, 0) is 35.6 Å². The molecule has 0 heterocycles. The smallest absolute Gasteiger partial charge is 0.239 e. The van der Waals surface area contributed by atoms with Gasteiger partial charge in [0.2, 0.25) is 5.91 Å². The predicted molar refractivity (Wildman–Crippen MR) is 75.5 cm³/mol. The molecule has 0 bridgehead atoms. The normalized spacial score (nSPS) is 10.1. The van der Waals surface area contributed by atoms with E-state index in [0.717, 1.165) is 0 Å². The summed E-state index contributed by atoms with van der Waals surface area (Å²) in [6, 6.07) is 2.93. The van der Waals surface area contributed by atoms with E-state index in [1.54, 1.807) is 18.0 Å². The Kier molecular flexibility index (Phi) is 4.98. The molecule has 0 aliphatic heterocycles. The second kappa shape index (κ2) is 6.04. The van der Waals surface area contributed by atoms with Crippen molar-refractivity contribution in [3.05, 3.63) is 21.5 Å². The first kappa shape index (κ1) is 14.0. The lowest BCUT2D eigenvalue weighted by atomic mass is 10.2. The maximum absolute atomic E-state index is 13.5. The minimum absolute atomic E-state index is 0.134. The summed E-state index contributed by atoms with van der Waals surface area (Å²) >= 11 is 1.88. The van der Waals surface area contributed by atoms with Crippen LogP contribution in [0.2, 0.25) is 0 Å². The van der Waals surface area contributed by atoms with Crippen LogP contribution in [-0.4, -0.2) is 26.0 Å². The van der Waals surface area contributed by atoms with Crippen molar-refractivity contribution in [2.45, 2.75) is 6.92 Å². The monoisotopic (exact) mass is 351 g/mol. The Labute approximate surface area is 113 Å². The Morgan fingerprint density at radius 1 is 1.59 bits per heavy atom. The first-order valence-corrected chi connectivity index (χ1v) is 6.27. The van der Waals surface area contributed by atoms with Crippen molar-refractivity contribution >= 4 is 39.9 Å². The Balaban J connectivity index is 3.03. The number of nitrogen functional groups attached to an aromatic ring is 1. The van der Waals surface area contributed by atoms with Crippen LogP contribution in [0.4, 0.5) is 15.8 Å². The highest BCUT2D eigenvalue weighted by atomic mass is 127. The third-order valence-electron chi connectivity index (χ3n) is 2.41. The van der Waals surface area contributed by atoms with Gasteiger partial charge in [-0.3, -0.25) is 4.79 Å². The number of nitrogens with one attached hydrogen (secondary N) is 1. The number of amides is 1. The molecule has 0 atom stereocenters. The second-order valence-corrected chi connectivity index (χ2v) is 4.67. The van der Waals surface area contributed by atoms with E-state index in [-0.39, 0.29) is 18.3 Å². The standard InChI is InChI=1S/C11H15FIN3O/c1-3-16(6-11(17)15-2)10-4-7(12)8(13)5-9(10)14/h4-5H,3,6,14H2,1-2H3,(H,15,17). The van der Waals surface area contributed by atoms with Gasteiger partial charge in [0.15, 0.2) is 0 Å². The number of carbonyl (C=O) groups is 1. The molecule has 0 saturated carbocycles. The van der Waals surface area contributed by atoms with Crippen LogP contribution >= 0.6 is 22.6 Å². The highest BCUT2D eigenvalue weighted by molar-refractivity contribution is 14.1. The number of carbonyl (C=O) groups excluding carboxylic acids is 1. The summed E-state index contributed by atoms with van der Waals surface area (Å²) in [4.78, 5) is 13.1. The zero-order valence-electron chi connectivity index (χ0n) is 9.76. The molecule has 94 valence electrons. The summed E-state index contributed by atoms with van der Waals surface area (Å²) < 4.78 is 14.0. The number of likely N-dealkylation sites (N-methyl/N-ethyl adjacent to an activating group) is 2. The minimum atomic E-state index is -0.329. The molecule has 0 aliphatic rings. The van der Waals surface area contributed by atoms with E-state index in [4.69, 9.17) is 5.73 Å². The van der Waals surface area contributed by atoms with Crippen LogP contribution in [0.15, 0.2) is 12.1 Å². The molecule has 17 heavy (non-hydrogen) atoms. The molecule has 1 amide bonds. The lowest BCUT2D eigenvalue weighted by Gasteiger charge is -2.23. The van der Waals surface area contributed by atoms with Gasteiger partial charge in [-0.15, -0.1) is 0 Å². The molecule has 4 nitrogen and oxygen atoms in total. The SMILES string of the molecule is CCN(CC(=O)NC)c1cc(F)c(I)cc1N. The molecule has 0 saturated heterocycles. The first-order chi connectivity index (χ1) is 7.99. The van der Waals surface area contributed by atoms with E-state index in [9.17, 15) is 9.18 Å². The first-order valence-electron chi connectivity index (χ1n) is 5.19. The van der Waals surface area contributed by atoms with Gasteiger partial charge in [0.25, 0.3) is 0 Å². The molecule has 3 N–H and O–H groups in total. The zero-order valence-corrected chi connectivity index (χ0v) is 11.9. The quantitative estimate of drug-likeness (QED) is 0.640. The third-order valence-corrected chi connectivity index (χ3v) is 3.23. The van der Waals surface area contributed by atoms with Gasteiger partial charge in [-0.2, -0.15) is 0 Å². The number of halogens is 2. The Bertz CT molecular complexity index is 425. The molecule has 0 fully saturated rings. The maximum atomic E-state index is 13.5. The largest absolute Gasteiger partial charge is 0.397 e. The van der Waals surface area contributed by atoms with E-state index in [1.165, 1.54) is 6.07 Å². The van der Waals surface area contributed by atoms with Crippen LogP contribution in [0.1, 0.15) is 6.92 Å². The van der Waals surface area contributed by atoms with E-state index in [0.29, 0.717) is 21.5 Å². The van der Waals surface area contributed by atoms with Gasteiger partial charge >= 0.3 is 0 Å². The highest BCUT2D eigenvalue weighted by Gasteiger charge is 2.14. The Hall–Kier alpha value is -1.05. The summed E-state index contributed by atoms with van der Waals surface area (Å²) in [5.41, 5.74) is 6.86. The lowest BCUT2D eigenvalue weighted by molar-refractivity contribution is -0.119. The van der Waals surface area contributed by atoms with Crippen LogP contribution in [0, 0.1) is 9.39 Å². The van der Waals surface area contributed by atoms with Gasteiger partial charge < -0.3 is 16.0 Å². The highest BCUT2D eigenvalue weighted by Crippen LogP contribution is 2.27. The number of hydrogen-bond acceptors (Lipinski definition) is 3. The maximum Gasteiger partial charge on any atom is 0.239 e. The summed E-state index contributed by atoms with van der Waals surface area (Å²) in [5.74, 6) is -0.463. The van der Waals surface area contributed by atoms with E-state index in [2.05, 4.69) is 5.32 Å². The molecule has 1 aromatic rings. The number of rotatable bonds is 4. The zero-order chi connectivity index (χ0) is 13.0. The molecule has 0 spiro atoms. The molecule has 0 aromatic heterocycles. The average Bonchev–Trinajstić information content (AvgIpc) is 2.30. The van der Waals surface area contributed by atoms with Crippen molar-refractivity contribution in [1.82, 2.24) is 5.32 Å². The summed E-state index contributed by atoms with van der Waals surface area (Å²) in [6.45, 7) is 2.63. The fourth-order valence-electron chi connectivity index (χ4n) is 1.45. The van der Waals surface area contributed by atoms with Crippen molar-refractivity contribution in [2.24, 2.45) is 0 Å². The molecule has 0 radical (unpaired) electrons. The number of anilines is 2. The van der Waals surface area contributed by atoms with Gasteiger partial charge in [-0.1, -0.05) is 0 Å². The molecular formula is C11H15FIN3O. The van der Waals surface area contributed by atoms with Crippen molar-refractivity contribution in [3.63, 3.8) is 0 Å².